The maximum absolute atomic E-state index is 4.59. The minimum Gasteiger partial charge on any atom is -0.262 e. The second-order valence-electron chi connectivity index (χ2n) is 3.43. The molecule has 0 aliphatic rings. The zero-order valence-electron chi connectivity index (χ0n) is 9.03. The lowest BCUT2D eigenvalue weighted by Gasteiger charge is -1.98. The topological polar surface area (TPSA) is 25.8 Å². The van der Waals surface area contributed by atoms with Crippen molar-refractivity contribution in [3.8, 4) is 0 Å². The third-order valence-electron chi connectivity index (χ3n) is 2.33. The summed E-state index contributed by atoms with van der Waals surface area (Å²) >= 11 is 1.75. The Morgan fingerprint density at radius 3 is 3.07 bits per heavy atom. The van der Waals surface area contributed by atoms with Crippen molar-refractivity contribution in [3.63, 3.8) is 0 Å². The predicted molar refractivity (Wildman–Crippen MR) is 66.0 cm³/mol. The van der Waals surface area contributed by atoms with Crippen LogP contribution in [0.15, 0.2) is 24.5 Å². The van der Waals surface area contributed by atoms with Crippen molar-refractivity contribution in [1.82, 2.24) is 9.97 Å². The summed E-state index contributed by atoms with van der Waals surface area (Å²) in [6, 6.07) is 2.02. The lowest BCUT2D eigenvalue weighted by Crippen LogP contribution is -1.81. The minimum absolute atomic E-state index is 1.01. The van der Waals surface area contributed by atoms with Crippen LogP contribution < -0.4 is 0 Å². The van der Waals surface area contributed by atoms with Gasteiger partial charge in [0.2, 0.25) is 0 Å². The lowest BCUT2D eigenvalue weighted by molar-refractivity contribution is 0.970. The number of aromatic nitrogens is 2. The van der Waals surface area contributed by atoms with E-state index in [1.54, 1.807) is 11.3 Å². The van der Waals surface area contributed by atoms with E-state index < -0.39 is 0 Å². The first-order valence-electron chi connectivity index (χ1n) is 5.21. The van der Waals surface area contributed by atoms with Gasteiger partial charge < -0.3 is 0 Å². The Morgan fingerprint density at radius 2 is 2.40 bits per heavy atom. The van der Waals surface area contributed by atoms with E-state index in [0.717, 1.165) is 23.4 Å². The molecular weight excluding hydrogens is 204 g/mol. The third-order valence-corrected chi connectivity index (χ3v) is 3.44. The van der Waals surface area contributed by atoms with Gasteiger partial charge >= 0.3 is 0 Å². The Kier molecular flexibility index (Phi) is 3.11. The maximum Gasteiger partial charge on any atom is 0.120 e. The van der Waals surface area contributed by atoms with E-state index in [1.165, 1.54) is 10.3 Å². The number of hydrogen-bond acceptors (Lipinski definition) is 3. The molecule has 0 N–H and O–H groups in total. The van der Waals surface area contributed by atoms with Gasteiger partial charge in [0.15, 0.2) is 0 Å². The van der Waals surface area contributed by atoms with Gasteiger partial charge in [-0.1, -0.05) is 19.4 Å². The number of fused-ring (bicyclic) bond motifs is 1. The monoisotopic (exact) mass is 218 g/mol. The van der Waals surface area contributed by atoms with Gasteiger partial charge in [-0.05, 0) is 25.0 Å². The Labute approximate surface area is 93.7 Å². The molecule has 0 bridgehead atoms. The summed E-state index contributed by atoms with van der Waals surface area (Å²) in [7, 11) is 0. The van der Waals surface area contributed by atoms with Gasteiger partial charge in [0, 0.05) is 6.20 Å². The second kappa shape index (κ2) is 4.53. The molecule has 0 atom stereocenters. The molecule has 0 spiro atoms. The molecule has 78 valence electrons. The second-order valence-corrected chi connectivity index (χ2v) is 4.46. The average molecular weight is 218 g/mol. The van der Waals surface area contributed by atoms with Gasteiger partial charge in [0.1, 0.15) is 10.5 Å². The Bertz CT molecular complexity index is 452. The van der Waals surface area contributed by atoms with Crippen LogP contribution in [0.1, 0.15) is 31.7 Å². The van der Waals surface area contributed by atoms with Crippen LogP contribution in [0.2, 0.25) is 0 Å². The third kappa shape index (κ3) is 2.07. The van der Waals surface area contributed by atoms with Crippen molar-refractivity contribution >= 4 is 27.1 Å². The van der Waals surface area contributed by atoms with Crippen LogP contribution in [0.5, 0.6) is 0 Å². The molecule has 2 aromatic rings. The summed E-state index contributed by atoms with van der Waals surface area (Å²) in [4.78, 5) is 8.67. The number of nitrogens with zero attached hydrogens (tertiary/aromatic N) is 2. The smallest absolute Gasteiger partial charge is 0.120 e. The molecule has 0 aliphatic carbocycles. The van der Waals surface area contributed by atoms with E-state index in [1.807, 2.05) is 18.5 Å². The summed E-state index contributed by atoms with van der Waals surface area (Å²) < 4.78 is 1.22. The summed E-state index contributed by atoms with van der Waals surface area (Å²) in [5.74, 6) is 0. The molecular formula is C12H14N2S. The number of hydrogen-bond donors (Lipinski definition) is 0. The Balaban J connectivity index is 2.43. The first kappa shape index (κ1) is 10.3. The molecule has 2 heterocycles. The van der Waals surface area contributed by atoms with Crippen LogP contribution in [-0.2, 0) is 0 Å². The number of thiazole rings is 1. The van der Waals surface area contributed by atoms with E-state index in [4.69, 9.17) is 0 Å². The van der Waals surface area contributed by atoms with Crippen molar-refractivity contribution in [1.29, 1.82) is 0 Å². The molecule has 2 rings (SSSR count). The normalized spacial score (nSPS) is 12.3. The Morgan fingerprint density at radius 1 is 1.53 bits per heavy atom. The van der Waals surface area contributed by atoms with Crippen LogP contribution in [0.25, 0.3) is 15.8 Å². The van der Waals surface area contributed by atoms with E-state index in [9.17, 15) is 0 Å². The minimum atomic E-state index is 1.01. The van der Waals surface area contributed by atoms with Gasteiger partial charge in [-0.3, -0.25) is 4.98 Å². The summed E-state index contributed by atoms with van der Waals surface area (Å²) in [5, 5.41) is 1.14. The van der Waals surface area contributed by atoms with E-state index >= 15 is 0 Å². The standard InChI is InChI=1S/C12H14N2S/c1-3-5-9(4-2)12-14-10-8-13-7-6-11(10)15-12/h4,6-8H,3,5H2,1-2H3/b9-4-. The molecule has 0 aromatic carbocycles. The van der Waals surface area contributed by atoms with Gasteiger partial charge in [0.25, 0.3) is 0 Å². The molecule has 15 heavy (non-hydrogen) atoms. The molecule has 0 fully saturated rings. The summed E-state index contributed by atoms with van der Waals surface area (Å²) in [6.07, 6.45) is 8.07. The number of pyridine rings is 1. The molecule has 2 nitrogen and oxygen atoms in total. The van der Waals surface area contributed by atoms with Gasteiger partial charge in [-0.2, -0.15) is 0 Å². The van der Waals surface area contributed by atoms with E-state index in [2.05, 4.69) is 29.9 Å². The van der Waals surface area contributed by atoms with Crippen LogP contribution in [0.3, 0.4) is 0 Å². The molecule has 0 unspecified atom stereocenters. The van der Waals surface area contributed by atoms with Crippen molar-refractivity contribution in [2.75, 3.05) is 0 Å². The van der Waals surface area contributed by atoms with Gasteiger partial charge in [-0.25, -0.2) is 4.98 Å². The fourth-order valence-electron chi connectivity index (χ4n) is 1.56. The van der Waals surface area contributed by atoms with Crippen molar-refractivity contribution in [2.45, 2.75) is 26.7 Å². The largest absolute Gasteiger partial charge is 0.262 e. The van der Waals surface area contributed by atoms with Crippen LogP contribution >= 0.6 is 11.3 Å². The fraction of sp³-hybridized carbons (Fsp3) is 0.333. The molecule has 2 aromatic heterocycles. The highest BCUT2D eigenvalue weighted by atomic mass is 32.1. The van der Waals surface area contributed by atoms with E-state index in [-0.39, 0.29) is 0 Å². The highest BCUT2D eigenvalue weighted by Crippen LogP contribution is 2.28. The van der Waals surface area contributed by atoms with Crippen LogP contribution in [0.4, 0.5) is 0 Å². The lowest BCUT2D eigenvalue weighted by atomic mass is 10.1. The number of allylic oxidation sites excluding steroid dienone is 2. The average Bonchev–Trinajstić information content (AvgIpc) is 2.69. The zero-order valence-corrected chi connectivity index (χ0v) is 9.84. The molecule has 0 aliphatic heterocycles. The first-order chi connectivity index (χ1) is 7.35. The highest BCUT2D eigenvalue weighted by molar-refractivity contribution is 7.19. The van der Waals surface area contributed by atoms with Crippen molar-refractivity contribution < 1.29 is 0 Å². The number of rotatable bonds is 3. The summed E-state index contributed by atoms with van der Waals surface area (Å²) in [5.41, 5.74) is 2.35. The van der Waals surface area contributed by atoms with Crippen molar-refractivity contribution in [3.05, 3.63) is 29.5 Å². The van der Waals surface area contributed by atoms with Gasteiger partial charge in [-0.15, -0.1) is 11.3 Å². The Hall–Kier alpha value is -1.22. The van der Waals surface area contributed by atoms with Gasteiger partial charge in [0.05, 0.1) is 10.9 Å². The fourth-order valence-corrected chi connectivity index (χ4v) is 2.60. The summed E-state index contributed by atoms with van der Waals surface area (Å²) in [6.45, 7) is 4.27. The quantitative estimate of drug-likeness (QED) is 0.781. The molecule has 0 radical (unpaired) electrons. The predicted octanol–water partition coefficient (Wildman–Crippen LogP) is 3.89. The molecule has 0 amide bonds. The maximum atomic E-state index is 4.59. The molecule has 3 heteroatoms. The van der Waals surface area contributed by atoms with Crippen molar-refractivity contribution in [2.24, 2.45) is 0 Å². The van der Waals surface area contributed by atoms with Crippen LogP contribution in [-0.4, -0.2) is 9.97 Å². The first-order valence-corrected chi connectivity index (χ1v) is 6.03. The van der Waals surface area contributed by atoms with E-state index in [0.29, 0.717) is 0 Å². The molecule has 0 saturated carbocycles. The van der Waals surface area contributed by atoms with Crippen LogP contribution in [0, 0.1) is 0 Å². The zero-order chi connectivity index (χ0) is 10.7. The highest BCUT2D eigenvalue weighted by Gasteiger charge is 2.06. The molecule has 0 saturated heterocycles. The SMILES string of the molecule is C/C=C(/CCC)c1nc2cnccc2s1.